The molecule has 0 spiro atoms. The number of benzene rings is 1. The molecule has 2 aromatic heterocycles. The van der Waals surface area contributed by atoms with Gasteiger partial charge in [0.25, 0.3) is 11.5 Å². The maximum Gasteiger partial charge on any atom is 0.270 e. The third-order valence-corrected chi connectivity index (χ3v) is 4.67. The number of hydrogen-bond donors (Lipinski definition) is 1. The van der Waals surface area contributed by atoms with E-state index in [-0.39, 0.29) is 22.9 Å². The van der Waals surface area contributed by atoms with Crippen LogP contribution in [0, 0.1) is 5.92 Å². The van der Waals surface area contributed by atoms with Crippen LogP contribution < -0.4 is 15.6 Å². The van der Waals surface area contributed by atoms with Gasteiger partial charge in [0.15, 0.2) is 0 Å². The predicted octanol–water partition coefficient (Wildman–Crippen LogP) is 2.07. The van der Waals surface area contributed by atoms with Crippen LogP contribution >= 0.6 is 0 Å². The number of nitrogens with zero attached hydrogens (tertiary/aromatic N) is 2. The molecule has 0 saturated heterocycles. The summed E-state index contributed by atoms with van der Waals surface area (Å²) >= 11 is 0. The van der Waals surface area contributed by atoms with Gasteiger partial charge in [0.1, 0.15) is 17.0 Å². The maximum atomic E-state index is 12.5. The van der Waals surface area contributed by atoms with Gasteiger partial charge in [-0.3, -0.25) is 14.0 Å². The fraction of sp³-hybridized carbons (Fsp3) is 0.250. The largest absolute Gasteiger partial charge is 0.493 e. The molecule has 4 rings (SSSR count). The number of amides is 1. The van der Waals surface area contributed by atoms with Crippen LogP contribution in [0.15, 0.2) is 59.7 Å². The van der Waals surface area contributed by atoms with E-state index < -0.39 is 0 Å². The van der Waals surface area contributed by atoms with Gasteiger partial charge in [-0.1, -0.05) is 24.3 Å². The fourth-order valence-corrected chi connectivity index (χ4v) is 3.25. The van der Waals surface area contributed by atoms with Gasteiger partial charge in [0.05, 0.1) is 6.61 Å². The molecule has 1 aromatic carbocycles. The van der Waals surface area contributed by atoms with E-state index in [1.54, 1.807) is 24.4 Å². The Balaban J connectivity index is 1.48. The average Bonchev–Trinajstić information content (AvgIpc) is 2.88. The van der Waals surface area contributed by atoms with Gasteiger partial charge in [-0.15, -0.1) is 0 Å². The highest BCUT2D eigenvalue weighted by Crippen LogP contribution is 2.26. The molecule has 26 heavy (non-hydrogen) atoms. The van der Waals surface area contributed by atoms with E-state index in [1.165, 1.54) is 10.6 Å². The van der Waals surface area contributed by atoms with Gasteiger partial charge in [-0.05, 0) is 42.5 Å². The van der Waals surface area contributed by atoms with E-state index >= 15 is 0 Å². The highest BCUT2D eigenvalue weighted by molar-refractivity contribution is 5.93. The van der Waals surface area contributed by atoms with E-state index in [1.807, 2.05) is 18.2 Å². The molecule has 6 heteroatoms. The lowest BCUT2D eigenvalue weighted by atomic mass is 9.97. The second-order valence-corrected chi connectivity index (χ2v) is 6.43. The van der Waals surface area contributed by atoms with Crippen molar-refractivity contribution in [1.82, 2.24) is 14.7 Å². The molecule has 0 saturated carbocycles. The molecule has 1 aliphatic rings. The van der Waals surface area contributed by atoms with Crippen LogP contribution in [0.4, 0.5) is 0 Å². The van der Waals surface area contributed by atoms with Gasteiger partial charge in [-0.25, -0.2) is 4.98 Å². The van der Waals surface area contributed by atoms with Crippen LogP contribution in [-0.4, -0.2) is 28.4 Å². The minimum absolute atomic E-state index is 0.0546. The van der Waals surface area contributed by atoms with Crippen molar-refractivity contribution in [3.05, 3.63) is 76.3 Å². The predicted molar refractivity (Wildman–Crippen MR) is 97.5 cm³/mol. The topological polar surface area (TPSA) is 72.7 Å². The molecule has 1 N–H and O–H groups in total. The summed E-state index contributed by atoms with van der Waals surface area (Å²) in [5, 5.41) is 2.88. The normalized spacial score (nSPS) is 16.4. The van der Waals surface area contributed by atoms with Crippen LogP contribution in [0.2, 0.25) is 0 Å². The molecule has 0 unspecified atom stereocenters. The summed E-state index contributed by atoms with van der Waals surface area (Å²) in [5.74, 6) is 0.788. The van der Waals surface area contributed by atoms with Gasteiger partial charge < -0.3 is 10.1 Å². The van der Waals surface area contributed by atoms with Gasteiger partial charge in [0, 0.05) is 18.9 Å². The summed E-state index contributed by atoms with van der Waals surface area (Å²) in [7, 11) is 0. The lowest BCUT2D eigenvalue weighted by molar-refractivity contribution is 0.0943. The molecule has 3 heterocycles. The van der Waals surface area contributed by atoms with E-state index in [0.717, 1.165) is 24.2 Å². The summed E-state index contributed by atoms with van der Waals surface area (Å²) in [6.45, 7) is 1.12. The molecule has 132 valence electrons. The van der Waals surface area contributed by atoms with Crippen LogP contribution in [0.25, 0.3) is 5.65 Å². The number of aromatic nitrogens is 2. The van der Waals surface area contributed by atoms with E-state index in [9.17, 15) is 9.59 Å². The number of nitrogens with one attached hydrogen (secondary N) is 1. The Morgan fingerprint density at radius 2 is 2.08 bits per heavy atom. The third kappa shape index (κ3) is 3.18. The van der Waals surface area contributed by atoms with Crippen molar-refractivity contribution >= 4 is 11.6 Å². The summed E-state index contributed by atoms with van der Waals surface area (Å²) in [5.41, 5.74) is 1.37. The van der Waals surface area contributed by atoms with Crippen molar-refractivity contribution in [3.63, 3.8) is 0 Å². The van der Waals surface area contributed by atoms with Crippen molar-refractivity contribution in [2.45, 2.75) is 12.8 Å². The Kier molecular flexibility index (Phi) is 4.39. The van der Waals surface area contributed by atoms with Crippen molar-refractivity contribution in [3.8, 4) is 5.75 Å². The second-order valence-electron chi connectivity index (χ2n) is 6.43. The first kappa shape index (κ1) is 16.3. The number of ether oxygens (including phenoxy) is 1. The van der Waals surface area contributed by atoms with E-state index in [2.05, 4.69) is 16.4 Å². The molecule has 0 radical (unpaired) electrons. The Labute approximate surface area is 150 Å². The lowest BCUT2D eigenvalue weighted by Gasteiger charge is -2.14. The van der Waals surface area contributed by atoms with Crippen molar-refractivity contribution in [1.29, 1.82) is 0 Å². The molecule has 1 atom stereocenters. The first-order valence-electron chi connectivity index (χ1n) is 8.67. The minimum atomic E-state index is -0.390. The van der Waals surface area contributed by atoms with Gasteiger partial charge >= 0.3 is 0 Å². The molecule has 1 amide bonds. The maximum absolute atomic E-state index is 12.5. The second kappa shape index (κ2) is 7.00. The number of rotatable bonds is 3. The molecule has 6 nitrogen and oxygen atoms in total. The Morgan fingerprint density at radius 3 is 3.00 bits per heavy atom. The first-order valence-corrected chi connectivity index (χ1v) is 8.67. The minimum Gasteiger partial charge on any atom is -0.493 e. The number of pyridine rings is 1. The number of hydrogen-bond acceptors (Lipinski definition) is 4. The summed E-state index contributed by atoms with van der Waals surface area (Å²) in [6, 6.07) is 13.2. The number of para-hydroxylation sites is 1. The molecular weight excluding hydrogens is 330 g/mol. The van der Waals surface area contributed by atoms with Crippen molar-refractivity contribution < 1.29 is 9.53 Å². The van der Waals surface area contributed by atoms with Gasteiger partial charge in [0.2, 0.25) is 0 Å². The fourth-order valence-electron chi connectivity index (χ4n) is 3.25. The summed E-state index contributed by atoms with van der Waals surface area (Å²) < 4.78 is 7.14. The van der Waals surface area contributed by atoms with Gasteiger partial charge in [-0.2, -0.15) is 0 Å². The van der Waals surface area contributed by atoms with Crippen LogP contribution in [0.5, 0.6) is 5.75 Å². The molecule has 0 fully saturated rings. The average molecular weight is 349 g/mol. The van der Waals surface area contributed by atoms with Crippen LogP contribution in [0.3, 0.4) is 0 Å². The zero-order chi connectivity index (χ0) is 17.9. The van der Waals surface area contributed by atoms with Crippen molar-refractivity contribution in [2.24, 2.45) is 5.92 Å². The summed E-state index contributed by atoms with van der Waals surface area (Å²) in [4.78, 5) is 29.2. The number of carbonyl (C=O) groups excluding carboxylic acids is 1. The Hall–Kier alpha value is -3.15. The molecular formula is C20H19N3O3. The smallest absolute Gasteiger partial charge is 0.270 e. The summed E-state index contributed by atoms with van der Waals surface area (Å²) in [6.07, 6.45) is 4.65. The third-order valence-electron chi connectivity index (χ3n) is 4.67. The zero-order valence-electron chi connectivity index (χ0n) is 14.2. The quantitative estimate of drug-likeness (QED) is 0.786. The highest BCUT2D eigenvalue weighted by Gasteiger charge is 2.19. The molecule has 0 bridgehead atoms. The first-order chi connectivity index (χ1) is 12.7. The monoisotopic (exact) mass is 349 g/mol. The van der Waals surface area contributed by atoms with E-state index in [0.29, 0.717) is 18.8 Å². The zero-order valence-corrected chi connectivity index (χ0v) is 14.2. The van der Waals surface area contributed by atoms with Crippen molar-refractivity contribution in [2.75, 3.05) is 13.2 Å². The Morgan fingerprint density at radius 1 is 1.23 bits per heavy atom. The highest BCUT2D eigenvalue weighted by atomic mass is 16.5. The molecule has 0 aliphatic carbocycles. The molecule has 3 aromatic rings. The van der Waals surface area contributed by atoms with Crippen LogP contribution in [-0.2, 0) is 6.42 Å². The number of carbonyl (C=O) groups is 1. The SMILES string of the molecule is O=C(NC[C@H]1CCOc2ccccc2C1)c1cnc2ccccn2c1=O. The molecule has 1 aliphatic heterocycles. The van der Waals surface area contributed by atoms with E-state index in [4.69, 9.17) is 4.74 Å². The Bertz CT molecular complexity index is 1010. The number of fused-ring (bicyclic) bond motifs is 2. The standard InChI is InChI=1S/C20H19N3O3/c24-19(16-13-21-18-7-3-4-9-23(18)20(16)25)22-12-14-8-10-26-17-6-2-1-5-15(17)11-14/h1-7,9,13-14H,8,10-12H2,(H,22,24)/t14-/m0/s1. The van der Waals surface area contributed by atoms with Crippen LogP contribution in [0.1, 0.15) is 22.3 Å². The lowest BCUT2D eigenvalue weighted by Crippen LogP contribution is -2.35.